The highest BCUT2D eigenvalue weighted by molar-refractivity contribution is 5.90. The number of benzene rings is 1. The van der Waals surface area contributed by atoms with E-state index in [1.54, 1.807) is 0 Å². The number of aryl methyl sites for hydroxylation is 2. The molecule has 7 nitrogen and oxygen atoms in total. The van der Waals surface area contributed by atoms with E-state index in [-0.39, 0.29) is 18.0 Å². The standard InChI is InChI=1S/C14H16N4O3/c1-2-11-3-5-12(6-4-11)16-14(19)7-8-17-10-13(9-15-17)18(20)21/h3-6,9-10H,2,7-8H2,1H3,(H,16,19). The highest BCUT2D eigenvalue weighted by atomic mass is 16.6. The Bertz CT molecular complexity index is 634. The summed E-state index contributed by atoms with van der Waals surface area (Å²) in [4.78, 5) is 21.8. The monoisotopic (exact) mass is 288 g/mol. The molecule has 0 atom stereocenters. The van der Waals surface area contributed by atoms with E-state index >= 15 is 0 Å². The average molecular weight is 288 g/mol. The quantitative estimate of drug-likeness (QED) is 0.652. The van der Waals surface area contributed by atoms with Gasteiger partial charge in [-0.15, -0.1) is 0 Å². The van der Waals surface area contributed by atoms with Crippen molar-refractivity contribution in [2.45, 2.75) is 26.3 Å². The predicted molar refractivity (Wildman–Crippen MR) is 77.9 cm³/mol. The number of rotatable bonds is 6. The van der Waals surface area contributed by atoms with Crippen molar-refractivity contribution in [1.82, 2.24) is 9.78 Å². The predicted octanol–water partition coefficient (Wildman–Crippen LogP) is 2.38. The molecule has 1 aromatic carbocycles. The topological polar surface area (TPSA) is 90.1 Å². The maximum Gasteiger partial charge on any atom is 0.306 e. The zero-order valence-electron chi connectivity index (χ0n) is 11.7. The summed E-state index contributed by atoms with van der Waals surface area (Å²) >= 11 is 0. The van der Waals surface area contributed by atoms with E-state index in [1.807, 2.05) is 24.3 Å². The average Bonchev–Trinajstić information content (AvgIpc) is 2.95. The number of nitrogens with zero attached hydrogens (tertiary/aromatic N) is 3. The second-order valence-electron chi connectivity index (χ2n) is 4.57. The van der Waals surface area contributed by atoms with Crippen LogP contribution in [0.5, 0.6) is 0 Å². The van der Waals surface area contributed by atoms with Crippen molar-refractivity contribution in [3.8, 4) is 0 Å². The Kier molecular flexibility index (Phi) is 4.65. The number of nitrogens with one attached hydrogen (secondary N) is 1. The van der Waals surface area contributed by atoms with Gasteiger partial charge in [0.15, 0.2) is 0 Å². The minimum atomic E-state index is -0.515. The van der Waals surface area contributed by atoms with Gasteiger partial charge < -0.3 is 5.32 Å². The van der Waals surface area contributed by atoms with Crippen molar-refractivity contribution in [2.75, 3.05) is 5.32 Å². The number of carbonyl (C=O) groups excluding carboxylic acids is 1. The van der Waals surface area contributed by atoms with Crippen LogP contribution in [0.3, 0.4) is 0 Å². The molecule has 1 amide bonds. The van der Waals surface area contributed by atoms with E-state index in [9.17, 15) is 14.9 Å². The fourth-order valence-electron chi connectivity index (χ4n) is 1.83. The summed E-state index contributed by atoms with van der Waals surface area (Å²) in [5.41, 5.74) is 1.87. The maximum atomic E-state index is 11.8. The van der Waals surface area contributed by atoms with Gasteiger partial charge in [0.05, 0.1) is 4.92 Å². The van der Waals surface area contributed by atoms with Crippen molar-refractivity contribution in [3.05, 3.63) is 52.3 Å². The van der Waals surface area contributed by atoms with Crippen molar-refractivity contribution < 1.29 is 9.72 Å². The Labute approximate surface area is 121 Å². The molecule has 0 saturated heterocycles. The molecule has 2 rings (SSSR count). The fourth-order valence-corrected chi connectivity index (χ4v) is 1.83. The van der Waals surface area contributed by atoms with Crippen LogP contribution >= 0.6 is 0 Å². The molecule has 1 heterocycles. The van der Waals surface area contributed by atoms with E-state index in [4.69, 9.17) is 0 Å². The molecule has 1 aromatic heterocycles. The molecule has 0 unspecified atom stereocenters. The third kappa shape index (κ3) is 4.13. The number of aromatic nitrogens is 2. The number of nitro groups is 1. The highest BCUT2D eigenvalue weighted by Crippen LogP contribution is 2.11. The second-order valence-corrected chi connectivity index (χ2v) is 4.57. The van der Waals surface area contributed by atoms with Crippen LogP contribution in [0.4, 0.5) is 11.4 Å². The van der Waals surface area contributed by atoms with Crippen LogP contribution in [-0.2, 0) is 17.8 Å². The molecule has 0 saturated carbocycles. The summed E-state index contributed by atoms with van der Waals surface area (Å²) in [6.45, 7) is 2.36. The van der Waals surface area contributed by atoms with Crippen LogP contribution in [0.2, 0.25) is 0 Å². The Hall–Kier alpha value is -2.70. The molecule has 0 bridgehead atoms. The van der Waals surface area contributed by atoms with Gasteiger partial charge in [0.25, 0.3) is 0 Å². The van der Waals surface area contributed by atoms with Crippen LogP contribution < -0.4 is 5.32 Å². The first-order chi connectivity index (χ1) is 10.1. The Morgan fingerprint density at radius 2 is 2.10 bits per heavy atom. The third-order valence-electron chi connectivity index (χ3n) is 3.04. The zero-order valence-corrected chi connectivity index (χ0v) is 11.7. The SMILES string of the molecule is CCc1ccc(NC(=O)CCn2cc([N+](=O)[O-])cn2)cc1. The molecular weight excluding hydrogens is 272 g/mol. The molecule has 110 valence electrons. The van der Waals surface area contributed by atoms with Crippen LogP contribution in [0.15, 0.2) is 36.7 Å². The van der Waals surface area contributed by atoms with Crippen molar-refractivity contribution in [1.29, 1.82) is 0 Å². The summed E-state index contributed by atoms with van der Waals surface area (Å²) in [6, 6.07) is 7.64. The second kappa shape index (κ2) is 6.65. The van der Waals surface area contributed by atoms with E-state index in [1.165, 1.54) is 22.6 Å². The molecule has 0 radical (unpaired) electrons. The molecule has 0 aliphatic rings. The number of anilines is 1. The van der Waals surface area contributed by atoms with Crippen LogP contribution in [0.1, 0.15) is 18.9 Å². The van der Waals surface area contributed by atoms with E-state index in [2.05, 4.69) is 17.3 Å². The molecule has 1 N–H and O–H groups in total. The number of carbonyl (C=O) groups is 1. The first kappa shape index (κ1) is 14.7. The lowest BCUT2D eigenvalue weighted by Crippen LogP contribution is -2.14. The lowest BCUT2D eigenvalue weighted by Gasteiger charge is -2.06. The Morgan fingerprint density at radius 1 is 1.38 bits per heavy atom. The van der Waals surface area contributed by atoms with Crippen molar-refractivity contribution in [3.63, 3.8) is 0 Å². The summed E-state index contributed by atoms with van der Waals surface area (Å²) in [6.07, 6.45) is 3.63. The summed E-state index contributed by atoms with van der Waals surface area (Å²) in [5, 5.41) is 17.1. The van der Waals surface area contributed by atoms with Gasteiger partial charge in [0.1, 0.15) is 12.4 Å². The Balaban J connectivity index is 1.84. The van der Waals surface area contributed by atoms with Gasteiger partial charge in [-0.3, -0.25) is 19.6 Å². The first-order valence-electron chi connectivity index (χ1n) is 6.64. The van der Waals surface area contributed by atoms with E-state index < -0.39 is 4.92 Å². The largest absolute Gasteiger partial charge is 0.326 e. The number of hydrogen-bond donors (Lipinski definition) is 1. The van der Waals surface area contributed by atoms with Gasteiger partial charge in [-0.25, -0.2) is 0 Å². The summed E-state index contributed by atoms with van der Waals surface area (Å²) in [7, 11) is 0. The molecule has 7 heteroatoms. The molecule has 2 aromatic rings. The van der Waals surface area contributed by atoms with Crippen LogP contribution in [0.25, 0.3) is 0 Å². The van der Waals surface area contributed by atoms with Crippen LogP contribution in [0, 0.1) is 10.1 Å². The van der Waals surface area contributed by atoms with Crippen molar-refractivity contribution in [2.24, 2.45) is 0 Å². The molecular formula is C14H16N4O3. The number of amides is 1. The van der Waals surface area contributed by atoms with Gasteiger partial charge in [-0.1, -0.05) is 19.1 Å². The molecule has 21 heavy (non-hydrogen) atoms. The summed E-state index contributed by atoms with van der Waals surface area (Å²) in [5.74, 6) is -0.155. The molecule has 0 fully saturated rings. The van der Waals surface area contributed by atoms with Gasteiger partial charge in [-0.2, -0.15) is 5.10 Å². The lowest BCUT2D eigenvalue weighted by molar-refractivity contribution is -0.385. The molecule has 0 aliphatic carbocycles. The molecule has 0 aliphatic heterocycles. The first-order valence-corrected chi connectivity index (χ1v) is 6.64. The minimum Gasteiger partial charge on any atom is -0.326 e. The van der Waals surface area contributed by atoms with Crippen LogP contribution in [-0.4, -0.2) is 20.6 Å². The highest BCUT2D eigenvalue weighted by Gasteiger charge is 2.09. The van der Waals surface area contributed by atoms with Gasteiger partial charge >= 0.3 is 5.69 Å². The zero-order chi connectivity index (χ0) is 15.2. The Morgan fingerprint density at radius 3 is 2.67 bits per heavy atom. The fraction of sp³-hybridized carbons (Fsp3) is 0.286. The lowest BCUT2D eigenvalue weighted by atomic mass is 10.1. The normalized spacial score (nSPS) is 10.3. The summed E-state index contributed by atoms with van der Waals surface area (Å²) < 4.78 is 1.39. The van der Waals surface area contributed by atoms with Gasteiger partial charge in [0, 0.05) is 18.7 Å². The van der Waals surface area contributed by atoms with E-state index in [0.29, 0.717) is 6.54 Å². The maximum absolute atomic E-state index is 11.8. The minimum absolute atomic E-state index is 0.0782. The number of hydrogen-bond acceptors (Lipinski definition) is 4. The molecule has 0 spiro atoms. The third-order valence-corrected chi connectivity index (χ3v) is 3.04. The van der Waals surface area contributed by atoms with Gasteiger partial charge in [0.2, 0.25) is 5.91 Å². The van der Waals surface area contributed by atoms with E-state index in [0.717, 1.165) is 12.1 Å². The van der Waals surface area contributed by atoms with Crippen molar-refractivity contribution >= 4 is 17.3 Å². The smallest absolute Gasteiger partial charge is 0.306 e. The van der Waals surface area contributed by atoms with Gasteiger partial charge in [-0.05, 0) is 24.1 Å².